The highest BCUT2D eigenvalue weighted by molar-refractivity contribution is 7.07. The number of isocyanates is 1. The lowest BCUT2D eigenvalue weighted by atomic mass is 10.3. The number of ether oxygens (including phenoxy) is 1. The van der Waals surface area contributed by atoms with Crippen LogP contribution in [-0.2, 0) is 11.2 Å². The minimum atomic E-state index is 0.491. The van der Waals surface area contributed by atoms with Crippen molar-refractivity contribution < 1.29 is 9.53 Å². The van der Waals surface area contributed by atoms with Gasteiger partial charge in [-0.05, 0) is 18.6 Å². The first-order valence-electron chi connectivity index (χ1n) is 5.50. The van der Waals surface area contributed by atoms with E-state index < -0.39 is 0 Å². The maximum absolute atomic E-state index is 10.2. The molecule has 0 saturated heterocycles. The lowest BCUT2D eigenvalue weighted by Crippen LogP contribution is -1.87. The van der Waals surface area contributed by atoms with Gasteiger partial charge in [0.05, 0.1) is 5.69 Å². The van der Waals surface area contributed by atoms with Gasteiger partial charge in [0.15, 0.2) is 0 Å². The van der Waals surface area contributed by atoms with Crippen molar-refractivity contribution in [1.29, 1.82) is 0 Å². The molecule has 92 valence electrons. The number of aromatic nitrogens is 2. The summed E-state index contributed by atoms with van der Waals surface area (Å²) in [5, 5.41) is 0.491. The van der Waals surface area contributed by atoms with Gasteiger partial charge >= 0.3 is 0 Å². The van der Waals surface area contributed by atoms with Crippen LogP contribution in [0.15, 0.2) is 29.3 Å². The Kier molecular flexibility index (Phi) is 4.17. The molecule has 1 aromatic heterocycles. The predicted octanol–water partition coefficient (Wildman–Crippen LogP) is 3.25. The van der Waals surface area contributed by atoms with Crippen molar-refractivity contribution in [3.63, 3.8) is 0 Å². The lowest BCUT2D eigenvalue weighted by molar-refractivity contribution is 0.477. The SMILES string of the molecule is CCCc1nsc(Oc2cccc(N=C=O)c2)n1. The van der Waals surface area contributed by atoms with Gasteiger partial charge in [-0.1, -0.05) is 13.0 Å². The Balaban J connectivity index is 2.12. The van der Waals surface area contributed by atoms with Crippen molar-refractivity contribution in [2.45, 2.75) is 19.8 Å². The highest BCUT2D eigenvalue weighted by Gasteiger charge is 2.05. The fourth-order valence-electron chi connectivity index (χ4n) is 1.37. The van der Waals surface area contributed by atoms with E-state index in [1.165, 1.54) is 17.6 Å². The molecule has 0 aliphatic rings. The molecule has 0 atom stereocenters. The summed E-state index contributed by atoms with van der Waals surface area (Å²) < 4.78 is 9.73. The number of aryl methyl sites for hydroxylation is 1. The molecule has 2 rings (SSSR count). The van der Waals surface area contributed by atoms with Crippen LogP contribution >= 0.6 is 11.5 Å². The van der Waals surface area contributed by atoms with Gasteiger partial charge in [0.1, 0.15) is 11.6 Å². The molecule has 0 unspecified atom stereocenters. The zero-order chi connectivity index (χ0) is 12.8. The summed E-state index contributed by atoms with van der Waals surface area (Å²) in [6, 6.07) is 6.86. The summed E-state index contributed by atoms with van der Waals surface area (Å²) in [5.74, 6) is 1.37. The van der Waals surface area contributed by atoms with Crippen LogP contribution < -0.4 is 4.74 Å². The molecule has 0 fully saturated rings. The monoisotopic (exact) mass is 261 g/mol. The van der Waals surface area contributed by atoms with Gasteiger partial charge in [-0.25, -0.2) is 4.79 Å². The van der Waals surface area contributed by atoms with Crippen LogP contribution in [-0.4, -0.2) is 15.4 Å². The minimum Gasteiger partial charge on any atom is -0.430 e. The predicted molar refractivity (Wildman–Crippen MR) is 68.2 cm³/mol. The second-order valence-corrected chi connectivity index (χ2v) is 4.24. The van der Waals surface area contributed by atoms with E-state index in [9.17, 15) is 4.79 Å². The zero-order valence-electron chi connectivity index (χ0n) is 9.79. The molecule has 1 heterocycles. The number of rotatable bonds is 5. The Labute approximate surface area is 108 Å². The summed E-state index contributed by atoms with van der Waals surface area (Å²) >= 11 is 1.21. The molecular weight excluding hydrogens is 250 g/mol. The lowest BCUT2D eigenvalue weighted by Gasteiger charge is -2.00. The maximum Gasteiger partial charge on any atom is 0.298 e. The molecule has 5 nitrogen and oxygen atoms in total. The summed E-state index contributed by atoms with van der Waals surface area (Å²) in [6.45, 7) is 2.07. The molecular formula is C12H11N3O2S. The third-order valence-corrected chi connectivity index (χ3v) is 2.75. The summed E-state index contributed by atoms with van der Waals surface area (Å²) in [5.41, 5.74) is 0.501. The van der Waals surface area contributed by atoms with Gasteiger partial charge in [0.25, 0.3) is 5.19 Å². The Morgan fingerprint density at radius 2 is 2.39 bits per heavy atom. The second-order valence-electron chi connectivity index (χ2n) is 3.53. The first-order chi connectivity index (χ1) is 8.81. The normalized spacial score (nSPS) is 9.83. The highest BCUT2D eigenvalue weighted by atomic mass is 32.1. The molecule has 1 aromatic carbocycles. The van der Waals surface area contributed by atoms with E-state index in [0.29, 0.717) is 16.6 Å². The van der Waals surface area contributed by atoms with E-state index in [4.69, 9.17) is 4.74 Å². The Bertz CT molecular complexity index is 576. The van der Waals surface area contributed by atoms with Gasteiger partial charge in [-0.2, -0.15) is 14.3 Å². The van der Waals surface area contributed by atoms with Crippen LogP contribution in [0.2, 0.25) is 0 Å². The highest BCUT2D eigenvalue weighted by Crippen LogP contribution is 2.26. The summed E-state index contributed by atoms with van der Waals surface area (Å²) in [4.78, 5) is 17.9. The Hall–Kier alpha value is -2.04. The molecule has 0 N–H and O–H groups in total. The van der Waals surface area contributed by atoms with Crippen LogP contribution in [0.25, 0.3) is 0 Å². The van der Waals surface area contributed by atoms with Gasteiger partial charge in [0, 0.05) is 24.0 Å². The Morgan fingerprint density at radius 3 is 3.17 bits per heavy atom. The number of aliphatic imine (C=N–C) groups is 1. The smallest absolute Gasteiger partial charge is 0.298 e. The van der Waals surface area contributed by atoms with Crippen LogP contribution in [0.1, 0.15) is 19.2 Å². The van der Waals surface area contributed by atoms with Crippen LogP contribution in [0.5, 0.6) is 10.9 Å². The molecule has 0 saturated carbocycles. The average molecular weight is 261 g/mol. The number of nitrogens with zero attached hydrogens (tertiary/aromatic N) is 3. The summed E-state index contributed by atoms with van der Waals surface area (Å²) in [6.07, 6.45) is 3.33. The minimum absolute atomic E-state index is 0.491. The first-order valence-corrected chi connectivity index (χ1v) is 6.27. The van der Waals surface area contributed by atoms with Crippen LogP contribution in [0.3, 0.4) is 0 Å². The second kappa shape index (κ2) is 6.05. The fourth-order valence-corrected chi connectivity index (χ4v) is 1.97. The quantitative estimate of drug-likeness (QED) is 0.612. The Morgan fingerprint density at radius 1 is 1.50 bits per heavy atom. The van der Waals surface area contributed by atoms with Gasteiger partial charge in [-0.3, -0.25) is 0 Å². The van der Waals surface area contributed by atoms with Crippen molar-refractivity contribution in [3.8, 4) is 10.9 Å². The standard InChI is InChI=1S/C12H11N3O2S/c1-2-4-11-14-12(18-15-11)17-10-6-3-5-9(7-10)13-8-16/h3,5-7H,2,4H2,1H3. The van der Waals surface area contributed by atoms with Gasteiger partial charge in [0.2, 0.25) is 6.08 Å². The maximum atomic E-state index is 10.2. The molecule has 0 amide bonds. The van der Waals surface area contributed by atoms with Crippen molar-refractivity contribution in [1.82, 2.24) is 9.36 Å². The van der Waals surface area contributed by atoms with Crippen molar-refractivity contribution in [2.24, 2.45) is 4.99 Å². The van der Waals surface area contributed by atoms with E-state index in [-0.39, 0.29) is 0 Å². The molecule has 0 aliphatic carbocycles. The summed E-state index contributed by atoms with van der Waals surface area (Å²) in [7, 11) is 0. The third-order valence-electron chi connectivity index (χ3n) is 2.12. The van der Waals surface area contributed by atoms with Gasteiger partial charge < -0.3 is 4.74 Å². The van der Waals surface area contributed by atoms with Crippen molar-refractivity contribution in [2.75, 3.05) is 0 Å². The van der Waals surface area contributed by atoms with Crippen LogP contribution in [0.4, 0.5) is 5.69 Å². The van der Waals surface area contributed by atoms with Crippen molar-refractivity contribution in [3.05, 3.63) is 30.1 Å². The number of hydrogen-bond acceptors (Lipinski definition) is 6. The molecule has 0 spiro atoms. The van der Waals surface area contributed by atoms with E-state index in [1.807, 2.05) is 0 Å². The van der Waals surface area contributed by atoms with Crippen molar-refractivity contribution >= 4 is 23.3 Å². The number of hydrogen-bond donors (Lipinski definition) is 0. The number of benzene rings is 1. The zero-order valence-corrected chi connectivity index (χ0v) is 10.6. The topological polar surface area (TPSA) is 64.4 Å². The molecule has 0 aliphatic heterocycles. The molecule has 0 radical (unpaired) electrons. The average Bonchev–Trinajstić information content (AvgIpc) is 2.78. The number of carbonyl (C=O) groups excluding carboxylic acids is 1. The first kappa shape index (κ1) is 12.4. The molecule has 2 aromatic rings. The van der Waals surface area contributed by atoms with E-state index >= 15 is 0 Å². The van der Waals surface area contributed by atoms with E-state index in [1.54, 1.807) is 24.3 Å². The molecule has 18 heavy (non-hydrogen) atoms. The van der Waals surface area contributed by atoms with Crippen LogP contribution in [0, 0.1) is 0 Å². The molecule has 0 bridgehead atoms. The fraction of sp³-hybridized carbons (Fsp3) is 0.250. The molecule has 6 heteroatoms. The largest absolute Gasteiger partial charge is 0.430 e. The van der Waals surface area contributed by atoms with E-state index in [0.717, 1.165) is 18.7 Å². The van der Waals surface area contributed by atoms with Gasteiger partial charge in [-0.15, -0.1) is 0 Å². The third kappa shape index (κ3) is 3.23. The van der Waals surface area contributed by atoms with E-state index in [2.05, 4.69) is 21.3 Å².